The third-order valence-corrected chi connectivity index (χ3v) is 3.66. The molecule has 0 atom stereocenters. The van der Waals surface area contributed by atoms with Gasteiger partial charge in [-0.25, -0.2) is 0 Å². The highest BCUT2D eigenvalue weighted by molar-refractivity contribution is 5.75. The summed E-state index contributed by atoms with van der Waals surface area (Å²) in [4.78, 5) is 11.2. The summed E-state index contributed by atoms with van der Waals surface area (Å²) in [5.41, 5.74) is 3.85. The second kappa shape index (κ2) is 6.91. The van der Waals surface area contributed by atoms with Crippen LogP contribution in [-0.4, -0.2) is 5.78 Å². The summed E-state index contributed by atoms with van der Waals surface area (Å²) in [7, 11) is 0. The molecule has 3 heteroatoms. The van der Waals surface area contributed by atoms with Crippen molar-refractivity contribution in [3.63, 3.8) is 0 Å². The summed E-state index contributed by atoms with van der Waals surface area (Å²) in [6.07, 6.45) is 1.27. The minimum absolute atomic E-state index is 0.189. The van der Waals surface area contributed by atoms with Crippen molar-refractivity contribution in [2.45, 2.75) is 33.6 Å². The second-order valence-electron chi connectivity index (χ2n) is 5.44. The molecule has 2 aromatic carbocycles. The molecule has 0 radical (unpaired) electrons. The van der Waals surface area contributed by atoms with Gasteiger partial charge in [-0.15, -0.1) is 0 Å². The first-order valence-electron chi connectivity index (χ1n) is 7.28. The number of nitrogens with zero attached hydrogens (tertiary/aromatic N) is 1. The Hall–Kier alpha value is -2.60. The molecule has 0 aromatic heterocycles. The minimum atomic E-state index is 0.189. The van der Waals surface area contributed by atoms with Crippen LogP contribution >= 0.6 is 0 Å². The molecule has 2 aromatic rings. The molecule has 0 unspecified atom stereocenters. The molecule has 112 valence electrons. The number of ether oxygens (including phenoxy) is 1. The molecule has 0 aliphatic carbocycles. The molecule has 0 N–H and O–H groups in total. The number of benzene rings is 2. The van der Waals surface area contributed by atoms with E-state index in [2.05, 4.69) is 12.1 Å². The van der Waals surface area contributed by atoms with Gasteiger partial charge in [0.2, 0.25) is 0 Å². The predicted molar refractivity (Wildman–Crippen MR) is 86.1 cm³/mol. The number of carbonyl (C=O) groups is 1. The van der Waals surface area contributed by atoms with Crippen molar-refractivity contribution < 1.29 is 9.53 Å². The lowest BCUT2D eigenvalue weighted by molar-refractivity contribution is -0.116. The molecular weight excluding hydrogens is 274 g/mol. The number of ketones is 1. The third kappa shape index (κ3) is 3.73. The topological polar surface area (TPSA) is 50.1 Å². The average Bonchev–Trinajstić information content (AvgIpc) is 2.51. The Morgan fingerprint density at radius 2 is 1.82 bits per heavy atom. The summed E-state index contributed by atoms with van der Waals surface area (Å²) in [6, 6.07) is 13.2. The van der Waals surface area contributed by atoms with Gasteiger partial charge in [-0.05, 0) is 68.1 Å². The fraction of sp³-hybridized carbons (Fsp3) is 0.263. The number of carbonyl (C=O) groups excluding carboxylic acids is 1. The first-order chi connectivity index (χ1) is 10.5. The van der Waals surface area contributed by atoms with Crippen molar-refractivity contribution in [2.75, 3.05) is 0 Å². The van der Waals surface area contributed by atoms with Crippen LogP contribution in [0.15, 0.2) is 36.4 Å². The molecule has 0 heterocycles. The van der Waals surface area contributed by atoms with E-state index in [1.165, 1.54) is 0 Å². The van der Waals surface area contributed by atoms with Crippen molar-refractivity contribution in [3.05, 3.63) is 58.7 Å². The molecule has 3 nitrogen and oxygen atoms in total. The van der Waals surface area contributed by atoms with E-state index in [0.717, 1.165) is 28.9 Å². The molecular formula is C19H19NO2. The molecule has 0 spiro atoms. The van der Waals surface area contributed by atoms with Crippen molar-refractivity contribution in [1.29, 1.82) is 5.26 Å². The van der Waals surface area contributed by atoms with Gasteiger partial charge in [0.15, 0.2) is 0 Å². The zero-order chi connectivity index (χ0) is 16.1. The largest absolute Gasteiger partial charge is 0.457 e. The Balaban J connectivity index is 2.27. The van der Waals surface area contributed by atoms with E-state index >= 15 is 0 Å². The van der Waals surface area contributed by atoms with Crippen molar-refractivity contribution >= 4 is 5.78 Å². The zero-order valence-corrected chi connectivity index (χ0v) is 13.1. The smallest absolute Gasteiger partial charge is 0.133 e. The van der Waals surface area contributed by atoms with Crippen LogP contribution in [0.4, 0.5) is 0 Å². The van der Waals surface area contributed by atoms with Crippen LogP contribution in [0.25, 0.3) is 0 Å². The first-order valence-corrected chi connectivity index (χ1v) is 7.28. The maximum absolute atomic E-state index is 11.2. The molecule has 0 aliphatic rings. The van der Waals surface area contributed by atoms with Gasteiger partial charge in [-0.3, -0.25) is 0 Å². The van der Waals surface area contributed by atoms with E-state index in [-0.39, 0.29) is 5.78 Å². The van der Waals surface area contributed by atoms with Gasteiger partial charge in [0.25, 0.3) is 0 Å². The van der Waals surface area contributed by atoms with Gasteiger partial charge >= 0.3 is 0 Å². The van der Waals surface area contributed by atoms with E-state index in [4.69, 9.17) is 10.00 Å². The van der Waals surface area contributed by atoms with Crippen LogP contribution in [0.3, 0.4) is 0 Å². The van der Waals surface area contributed by atoms with Crippen molar-refractivity contribution in [1.82, 2.24) is 0 Å². The van der Waals surface area contributed by atoms with Crippen LogP contribution in [0, 0.1) is 25.2 Å². The minimum Gasteiger partial charge on any atom is -0.457 e. The van der Waals surface area contributed by atoms with Crippen molar-refractivity contribution in [3.8, 4) is 17.6 Å². The van der Waals surface area contributed by atoms with Gasteiger partial charge in [-0.2, -0.15) is 5.26 Å². The summed E-state index contributed by atoms with van der Waals surface area (Å²) < 4.78 is 5.99. The number of Topliss-reactive ketones (excluding diaryl/α,β-unsaturated/α-hetero) is 1. The second-order valence-corrected chi connectivity index (χ2v) is 5.44. The Morgan fingerprint density at radius 3 is 2.41 bits per heavy atom. The SMILES string of the molecule is CC(=O)CCc1ccc(C)c(Oc2ccc(C#N)cc2)c1C. The lowest BCUT2D eigenvalue weighted by Gasteiger charge is -2.15. The van der Waals surface area contributed by atoms with E-state index in [0.29, 0.717) is 17.7 Å². The summed E-state index contributed by atoms with van der Waals surface area (Å²) in [5.74, 6) is 1.72. The van der Waals surface area contributed by atoms with Gasteiger partial charge in [0, 0.05) is 6.42 Å². The van der Waals surface area contributed by atoms with Crippen LogP contribution in [0.2, 0.25) is 0 Å². The summed E-state index contributed by atoms with van der Waals surface area (Å²) in [6.45, 7) is 5.62. The molecule has 0 aliphatic heterocycles. The van der Waals surface area contributed by atoms with Crippen LogP contribution in [0.1, 0.15) is 35.6 Å². The predicted octanol–water partition coefficient (Wildman–Crippen LogP) is 4.49. The summed E-state index contributed by atoms with van der Waals surface area (Å²) >= 11 is 0. The molecule has 0 amide bonds. The van der Waals surface area contributed by atoms with Crippen molar-refractivity contribution in [2.24, 2.45) is 0 Å². The fourth-order valence-electron chi connectivity index (χ4n) is 2.32. The fourth-order valence-corrected chi connectivity index (χ4v) is 2.32. The number of hydrogen-bond donors (Lipinski definition) is 0. The molecule has 22 heavy (non-hydrogen) atoms. The molecule has 0 saturated carbocycles. The Kier molecular flexibility index (Phi) is 4.95. The first kappa shape index (κ1) is 15.8. The number of aryl methyl sites for hydroxylation is 2. The van der Waals surface area contributed by atoms with Crippen LogP contribution < -0.4 is 4.74 Å². The van der Waals surface area contributed by atoms with E-state index in [1.807, 2.05) is 19.9 Å². The van der Waals surface area contributed by atoms with E-state index < -0.39 is 0 Å². The van der Waals surface area contributed by atoms with Gasteiger partial charge in [-0.1, -0.05) is 12.1 Å². The third-order valence-electron chi connectivity index (χ3n) is 3.66. The normalized spacial score (nSPS) is 10.1. The van der Waals surface area contributed by atoms with E-state index in [9.17, 15) is 4.79 Å². The van der Waals surface area contributed by atoms with E-state index in [1.54, 1.807) is 31.2 Å². The Labute approximate surface area is 131 Å². The number of rotatable bonds is 5. The maximum Gasteiger partial charge on any atom is 0.133 e. The standard InChI is InChI=1S/C19H19NO2/c1-13-4-8-17(9-5-14(2)21)15(3)19(13)22-18-10-6-16(12-20)7-11-18/h4,6-8,10-11H,5,9H2,1-3H3. The quantitative estimate of drug-likeness (QED) is 0.816. The van der Waals surface area contributed by atoms with Gasteiger partial charge in [0.05, 0.1) is 11.6 Å². The Bertz CT molecular complexity index is 724. The van der Waals surface area contributed by atoms with Crippen LogP contribution in [0.5, 0.6) is 11.5 Å². The number of nitriles is 1. The molecule has 2 rings (SSSR count). The summed E-state index contributed by atoms with van der Waals surface area (Å²) in [5, 5.41) is 8.83. The average molecular weight is 293 g/mol. The lowest BCUT2D eigenvalue weighted by atomic mass is 9.99. The highest BCUT2D eigenvalue weighted by Crippen LogP contribution is 2.31. The highest BCUT2D eigenvalue weighted by atomic mass is 16.5. The van der Waals surface area contributed by atoms with Crippen LogP contribution in [-0.2, 0) is 11.2 Å². The highest BCUT2D eigenvalue weighted by Gasteiger charge is 2.10. The van der Waals surface area contributed by atoms with Gasteiger partial charge in [0.1, 0.15) is 17.3 Å². The number of hydrogen-bond acceptors (Lipinski definition) is 3. The molecule has 0 fully saturated rings. The lowest BCUT2D eigenvalue weighted by Crippen LogP contribution is -1.99. The maximum atomic E-state index is 11.2. The Morgan fingerprint density at radius 1 is 1.14 bits per heavy atom. The zero-order valence-electron chi connectivity index (χ0n) is 13.1. The molecule has 0 bridgehead atoms. The monoisotopic (exact) mass is 293 g/mol. The van der Waals surface area contributed by atoms with Gasteiger partial charge < -0.3 is 9.53 Å². The molecule has 0 saturated heterocycles.